The molecular formula is C12H12N2O2. The molecular weight excluding hydrogens is 204 g/mol. The average Bonchev–Trinajstić information content (AvgIpc) is 2.33. The number of ether oxygens (including phenoxy) is 1. The van der Waals surface area contributed by atoms with Crippen molar-refractivity contribution in [2.24, 2.45) is 0 Å². The SMILES string of the molecule is COc1ccccc1-n1cccc(N)c1=O. The van der Waals surface area contributed by atoms with Gasteiger partial charge in [-0.3, -0.25) is 9.36 Å². The first-order chi connectivity index (χ1) is 7.74. The van der Waals surface area contributed by atoms with Gasteiger partial charge in [0.2, 0.25) is 0 Å². The summed E-state index contributed by atoms with van der Waals surface area (Å²) < 4.78 is 6.66. The van der Waals surface area contributed by atoms with Gasteiger partial charge in [-0.25, -0.2) is 0 Å². The Hall–Kier alpha value is -2.23. The van der Waals surface area contributed by atoms with E-state index in [1.165, 1.54) is 4.57 Å². The summed E-state index contributed by atoms with van der Waals surface area (Å²) in [6, 6.07) is 10.6. The van der Waals surface area contributed by atoms with Gasteiger partial charge in [0, 0.05) is 6.20 Å². The highest BCUT2D eigenvalue weighted by Gasteiger charge is 2.06. The van der Waals surface area contributed by atoms with Crippen LogP contribution in [0.1, 0.15) is 0 Å². The third-order valence-corrected chi connectivity index (χ3v) is 2.32. The second kappa shape index (κ2) is 4.10. The smallest absolute Gasteiger partial charge is 0.278 e. The third-order valence-electron chi connectivity index (χ3n) is 2.32. The fraction of sp³-hybridized carbons (Fsp3) is 0.0833. The standard InChI is InChI=1S/C12H12N2O2/c1-16-11-7-3-2-6-10(11)14-8-4-5-9(13)12(14)15/h2-8H,13H2,1H3. The highest BCUT2D eigenvalue weighted by molar-refractivity contribution is 5.48. The Balaban J connectivity index is 2.68. The molecule has 4 heteroatoms. The Morgan fingerprint density at radius 2 is 1.94 bits per heavy atom. The van der Waals surface area contributed by atoms with Crippen LogP contribution >= 0.6 is 0 Å². The van der Waals surface area contributed by atoms with E-state index in [-0.39, 0.29) is 11.2 Å². The molecule has 1 heterocycles. The number of benzene rings is 1. The van der Waals surface area contributed by atoms with Crippen LogP contribution in [0.3, 0.4) is 0 Å². The highest BCUT2D eigenvalue weighted by atomic mass is 16.5. The van der Waals surface area contributed by atoms with Crippen molar-refractivity contribution >= 4 is 5.69 Å². The second-order valence-corrected chi connectivity index (χ2v) is 3.31. The predicted molar refractivity (Wildman–Crippen MR) is 63.0 cm³/mol. The lowest BCUT2D eigenvalue weighted by Crippen LogP contribution is -2.20. The van der Waals surface area contributed by atoms with E-state index >= 15 is 0 Å². The number of hydrogen-bond acceptors (Lipinski definition) is 3. The molecule has 2 N–H and O–H groups in total. The quantitative estimate of drug-likeness (QED) is 0.826. The minimum absolute atomic E-state index is 0.216. The predicted octanol–water partition coefficient (Wildman–Crippen LogP) is 1.43. The van der Waals surface area contributed by atoms with Crippen molar-refractivity contribution in [2.75, 3.05) is 12.8 Å². The van der Waals surface area contributed by atoms with E-state index in [2.05, 4.69) is 0 Å². The number of para-hydroxylation sites is 2. The maximum absolute atomic E-state index is 11.8. The molecule has 1 aromatic carbocycles. The summed E-state index contributed by atoms with van der Waals surface area (Å²) in [5.74, 6) is 0.634. The minimum Gasteiger partial charge on any atom is -0.495 e. The molecule has 0 aliphatic heterocycles. The zero-order valence-electron chi connectivity index (χ0n) is 8.88. The van der Waals surface area contributed by atoms with Gasteiger partial charge in [0.1, 0.15) is 5.75 Å². The number of pyridine rings is 1. The molecule has 0 saturated carbocycles. The first kappa shape index (κ1) is 10.3. The fourth-order valence-electron chi connectivity index (χ4n) is 1.53. The number of nitrogens with two attached hydrogens (primary N) is 1. The summed E-state index contributed by atoms with van der Waals surface area (Å²) in [7, 11) is 1.57. The number of aromatic nitrogens is 1. The molecule has 82 valence electrons. The van der Waals surface area contributed by atoms with E-state index in [1.54, 1.807) is 37.6 Å². The van der Waals surface area contributed by atoms with Crippen LogP contribution in [-0.2, 0) is 0 Å². The van der Waals surface area contributed by atoms with Gasteiger partial charge in [0.05, 0.1) is 18.5 Å². The van der Waals surface area contributed by atoms with Gasteiger partial charge in [-0.15, -0.1) is 0 Å². The fourth-order valence-corrected chi connectivity index (χ4v) is 1.53. The first-order valence-electron chi connectivity index (χ1n) is 4.84. The summed E-state index contributed by atoms with van der Waals surface area (Å²) in [6.45, 7) is 0. The van der Waals surface area contributed by atoms with E-state index in [4.69, 9.17) is 10.5 Å². The number of methoxy groups -OCH3 is 1. The molecule has 0 bridgehead atoms. The molecule has 16 heavy (non-hydrogen) atoms. The normalized spacial score (nSPS) is 10.1. The van der Waals surface area contributed by atoms with Crippen LogP contribution < -0.4 is 16.0 Å². The number of nitrogen functional groups attached to an aromatic ring is 1. The van der Waals surface area contributed by atoms with Crippen molar-refractivity contribution in [1.29, 1.82) is 0 Å². The molecule has 4 nitrogen and oxygen atoms in total. The van der Waals surface area contributed by atoms with Crippen LogP contribution in [0, 0.1) is 0 Å². The first-order valence-corrected chi connectivity index (χ1v) is 4.84. The van der Waals surface area contributed by atoms with Gasteiger partial charge in [-0.2, -0.15) is 0 Å². The van der Waals surface area contributed by atoms with Crippen LogP contribution in [0.15, 0.2) is 47.4 Å². The molecule has 0 saturated heterocycles. The highest BCUT2D eigenvalue weighted by Crippen LogP contribution is 2.20. The Labute approximate surface area is 92.9 Å². The molecule has 0 amide bonds. The van der Waals surface area contributed by atoms with Gasteiger partial charge < -0.3 is 10.5 Å². The zero-order valence-corrected chi connectivity index (χ0v) is 8.88. The monoisotopic (exact) mass is 216 g/mol. The van der Waals surface area contributed by atoms with Gasteiger partial charge in [-0.1, -0.05) is 12.1 Å². The van der Waals surface area contributed by atoms with E-state index in [0.29, 0.717) is 11.4 Å². The minimum atomic E-state index is -0.244. The largest absolute Gasteiger partial charge is 0.495 e. The molecule has 2 rings (SSSR count). The molecule has 0 fully saturated rings. The number of anilines is 1. The molecule has 0 spiro atoms. The summed E-state index contributed by atoms with van der Waals surface area (Å²) >= 11 is 0. The van der Waals surface area contributed by atoms with Crippen LogP contribution in [0.25, 0.3) is 5.69 Å². The lowest BCUT2D eigenvalue weighted by Gasteiger charge is -2.10. The van der Waals surface area contributed by atoms with Gasteiger partial charge in [-0.05, 0) is 24.3 Å². The lowest BCUT2D eigenvalue weighted by molar-refractivity contribution is 0.412. The van der Waals surface area contributed by atoms with Crippen molar-refractivity contribution in [1.82, 2.24) is 4.57 Å². The molecule has 0 atom stereocenters. The summed E-state index contributed by atoms with van der Waals surface area (Å²) in [6.07, 6.45) is 1.66. The van der Waals surface area contributed by atoms with Crippen molar-refractivity contribution < 1.29 is 4.74 Å². The van der Waals surface area contributed by atoms with Crippen LogP contribution in [0.5, 0.6) is 5.75 Å². The summed E-state index contributed by atoms with van der Waals surface area (Å²) in [5, 5.41) is 0. The van der Waals surface area contributed by atoms with Crippen LogP contribution in [0.4, 0.5) is 5.69 Å². The van der Waals surface area contributed by atoms with E-state index in [0.717, 1.165) is 0 Å². The van der Waals surface area contributed by atoms with E-state index in [1.807, 2.05) is 12.1 Å². The molecule has 0 radical (unpaired) electrons. The van der Waals surface area contributed by atoms with Gasteiger partial charge in [0.15, 0.2) is 0 Å². The molecule has 0 aliphatic carbocycles. The maximum atomic E-state index is 11.8. The third kappa shape index (κ3) is 1.65. The number of nitrogens with zero attached hydrogens (tertiary/aromatic N) is 1. The Bertz CT molecular complexity index is 561. The summed E-state index contributed by atoms with van der Waals surface area (Å²) in [4.78, 5) is 11.8. The van der Waals surface area contributed by atoms with Crippen molar-refractivity contribution in [3.63, 3.8) is 0 Å². The second-order valence-electron chi connectivity index (χ2n) is 3.31. The zero-order chi connectivity index (χ0) is 11.5. The van der Waals surface area contributed by atoms with Gasteiger partial charge in [0.25, 0.3) is 5.56 Å². The summed E-state index contributed by atoms with van der Waals surface area (Å²) in [5.41, 5.74) is 6.23. The van der Waals surface area contributed by atoms with Crippen LogP contribution in [0.2, 0.25) is 0 Å². The van der Waals surface area contributed by atoms with Crippen LogP contribution in [-0.4, -0.2) is 11.7 Å². The number of hydrogen-bond donors (Lipinski definition) is 1. The van der Waals surface area contributed by atoms with E-state index < -0.39 is 0 Å². The molecule has 2 aromatic rings. The molecule has 1 aromatic heterocycles. The Morgan fingerprint density at radius 1 is 1.19 bits per heavy atom. The number of rotatable bonds is 2. The average molecular weight is 216 g/mol. The van der Waals surface area contributed by atoms with Crippen molar-refractivity contribution in [3.05, 3.63) is 52.9 Å². The maximum Gasteiger partial charge on any atom is 0.278 e. The Morgan fingerprint density at radius 3 is 2.69 bits per heavy atom. The van der Waals surface area contributed by atoms with E-state index in [9.17, 15) is 4.79 Å². The van der Waals surface area contributed by atoms with Gasteiger partial charge >= 0.3 is 0 Å². The topological polar surface area (TPSA) is 57.2 Å². The lowest BCUT2D eigenvalue weighted by atomic mass is 10.2. The molecule has 0 unspecified atom stereocenters. The molecule has 0 aliphatic rings. The van der Waals surface area contributed by atoms with Crippen molar-refractivity contribution in [2.45, 2.75) is 0 Å². The van der Waals surface area contributed by atoms with Crippen molar-refractivity contribution in [3.8, 4) is 11.4 Å². The Kier molecular flexibility index (Phi) is 2.64.